The van der Waals surface area contributed by atoms with Gasteiger partial charge in [-0.3, -0.25) is 0 Å². The molecule has 4 heteroatoms. The largest absolute Gasteiger partial charge is 0.507 e. The van der Waals surface area contributed by atoms with Crippen molar-refractivity contribution in [2.75, 3.05) is 0 Å². The SMILES string of the molecule is CC.Cc1c(C(F)(F)F)cc(C(C)C)c(O)c1C. The molecule has 1 nitrogen and oxygen atoms in total. The lowest BCUT2D eigenvalue weighted by Gasteiger charge is -2.18. The van der Waals surface area contributed by atoms with Crippen molar-refractivity contribution in [3.8, 4) is 5.75 Å². The molecular formula is C14H21F3O. The summed E-state index contributed by atoms with van der Waals surface area (Å²) in [6, 6.07) is 1.04. The highest BCUT2D eigenvalue weighted by atomic mass is 19.4. The lowest BCUT2D eigenvalue weighted by Crippen LogP contribution is -2.10. The maximum Gasteiger partial charge on any atom is 0.416 e. The van der Waals surface area contributed by atoms with E-state index in [1.165, 1.54) is 13.8 Å². The molecule has 0 spiro atoms. The Morgan fingerprint density at radius 2 is 1.50 bits per heavy atom. The van der Waals surface area contributed by atoms with Crippen LogP contribution in [0.15, 0.2) is 6.07 Å². The number of alkyl halides is 3. The molecule has 0 aliphatic heterocycles. The minimum Gasteiger partial charge on any atom is -0.507 e. The van der Waals surface area contributed by atoms with Gasteiger partial charge in [0.25, 0.3) is 0 Å². The molecule has 0 bridgehead atoms. The second-order valence-corrected chi connectivity index (χ2v) is 4.26. The maximum atomic E-state index is 12.7. The first-order valence-corrected chi connectivity index (χ1v) is 6.06. The molecule has 0 amide bonds. The molecule has 0 saturated heterocycles. The Morgan fingerprint density at radius 1 is 1.06 bits per heavy atom. The molecule has 1 aromatic carbocycles. The topological polar surface area (TPSA) is 20.2 Å². The van der Waals surface area contributed by atoms with Gasteiger partial charge in [0, 0.05) is 0 Å². The molecule has 0 radical (unpaired) electrons. The zero-order valence-electron chi connectivity index (χ0n) is 11.7. The predicted molar refractivity (Wildman–Crippen MR) is 68.0 cm³/mol. The van der Waals surface area contributed by atoms with Crippen LogP contribution in [-0.4, -0.2) is 5.11 Å². The lowest BCUT2D eigenvalue weighted by molar-refractivity contribution is -0.138. The molecular weight excluding hydrogens is 241 g/mol. The molecule has 0 atom stereocenters. The molecule has 0 fully saturated rings. The number of hydrogen-bond acceptors (Lipinski definition) is 1. The van der Waals surface area contributed by atoms with Crippen molar-refractivity contribution in [2.45, 2.75) is 53.6 Å². The monoisotopic (exact) mass is 262 g/mol. The summed E-state index contributed by atoms with van der Waals surface area (Å²) in [7, 11) is 0. The van der Waals surface area contributed by atoms with Gasteiger partial charge in [-0.05, 0) is 42.5 Å². The average molecular weight is 262 g/mol. The van der Waals surface area contributed by atoms with Crippen molar-refractivity contribution in [3.63, 3.8) is 0 Å². The summed E-state index contributed by atoms with van der Waals surface area (Å²) in [6.07, 6.45) is -4.37. The summed E-state index contributed by atoms with van der Waals surface area (Å²) in [5, 5.41) is 9.77. The van der Waals surface area contributed by atoms with Crippen LogP contribution in [0.4, 0.5) is 13.2 Å². The van der Waals surface area contributed by atoms with Gasteiger partial charge >= 0.3 is 6.18 Å². The van der Waals surface area contributed by atoms with Gasteiger partial charge < -0.3 is 5.11 Å². The van der Waals surface area contributed by atoms with Gasteiger partial charge in [-0.15, -0.1) is 0 Å². The first-order chi connectivity index (χ1) is 8.16. The third-order valence-electron chi connectivity index (χ3n) is 2.82. The molecule has 18 heavy (non-hydrogen) atoms. The van der Waals surface area contributed by atoms with Gasteiger partial charge in [0.05, 0.1) is 5.56 Å². The fourth-order valence-corrected chi connectivity index (χ4v) is 1.66. The highest BCUT2D eigenvalue weighted by Gasteiger charge is 2.34. The third kappa shape index (κ3) is 3.40. The van der Waals surface area contributed by atoms with E-state index in [9.17, 15) is 18.3 Å². The lowest BCUT2D eigenvalue weighted by atomic mass is 9.92. The Hall–Kier alpha value is -1.19. The molecule has 1 rings (SSSR count). The van der Waals surface area contributed by atoms with Crippen molar-refractivity contribution in [2.24, 2.45) is 0 Å². The number of halogens is 3. The van der Waals surface area contributed by atoms with E-state index in [1.807, 2.05) is 13.8 Å². The summed E-state index contributed by atoms with van der Waals surface area (Å²) in [5.41, 5.74) is 0.0786. The number of phenols is 1. The van der Waals surface area contributed by atoms with Crippen LogP contribution in [0.1, 0.15) is 55.9 Å². The predicted octanol–water partition coefficient (Wildman–Crippen LogP) is 5.18. The van der Waals surface area contributed by atoms with E-state index in [0.717, 1.165) is 6.07 Å². The van der Waals surface area contributed by atoms with Crippen molar-refractivity contribution in [1.82, 2.24) is 0 Å². The minimum atomic E-state index is -4.37. The van der Waals surface area contributed by atoms with E-state index in [1.54, 1.807) is 13.8 Å². The zero-order valence-corrected chi connectivity index (χ0v) is 11.7. The van der Waals surface area contributed by atoms with Crippen molar-refractivity contribution in [1.29, 1.82) is 0 Å². The number of benzene rings is 1. The molecule has 0 saturated carbocycles. The highest BCUT2D eigenvalue weighted by Crippen LogP contribution is 2.39. The Labute approximate surface area is 107 Å². The Kier molecular flexibility index (Phi) is 5.71. The van der Waals surface area contributed by atoms with Crippen molar-refractivity contribution >= 4 is 0 Å². The van der Waals surface area contributed by atoms with Crippen LogP contribution >= 0.6 is 0 Å². The summed E-state index contributed by atoms with van der Waals surface area (Å²) in [6.45, 7) is 10.4. The molecule has 0 heterocycles. The summed E-state index contributed by atoms with van der Waals surface area (Å²) in [4.78, 5) is 0. The molecule has 0 aliphatic rings. The van der Waals surface area contributed by atoms with E-state index < -0.39 is 11.7 Å². The summed E-state index contributed by atoms with van der Waals surface area (Å²) < 4.78 is 38.2. The first-order valence-electron chi connectivity index (χ1n) is 6.06. The Balaban J connectivity index is 0.00000137. The number of rotatable bonds is 1. The second kappa shape index (κ2) is 6.12. The highest BCUT2D eigenvalue weighted by molar-refractivity contribution is 5.50. The van der Waals surface area contributed by atoms with E-state index in [0.29, 0.717) is 11.1 Å². The molecule has 0 unspecified atom stereocenters. The standard InChI is InChI=1S/C12H15F3O.C2H6/c1-6(2)9-5-10(12(13,14)15)7(3)8(4)11(9)16;1-2/h5-6,16H,1-4H3;1-2H3. The van der Waals surface area contributed by atoms with Gasteiger partial charge in [0.2, 0.25) is 0 Å². The van der Waals surface area contributed by atoms with Crippen LogP contribution in [0.3, 0.4) is 0 Å². The summed E-state index contributed by atoms with van der Waals surface area (Å²) in [5.74, 6) is -0.166. The maximum absolute atomic E-state index is 12.7. The smallest absolute Gasteiger partial charge is 0.416 e. The van der Waals surface area contributed by atoms with Crippen LogP contribution in [0.2, 0.25) is 0 Å². The number of phenolic OH excluding ortho intramolecular Hbond substituents is 1. The average Bonchev–Trinajstić information content (AvgIpc) is 2.26. The van der Waals surface area contributed by atoms with Crippen molar-refractivity contribution in [3.05, 3.63) is 28.3 Å². The zero-order chi connectivity index (χ0) is 14.7. The first kappa shape index (κ1) is 16.8. The fraction of sp³-hybridized carbons (Fsp3) is 0.571. The van der Waals surface area contributed by atoms with Crippen LogP contribution in [0, 0.1) is 13.8 Å². The fourth-order valence-electron chi connectivity index (χ4n) is 1.66. The van der Waals surface area contributed by atoms with Crippen LogP contribution in [-0.2, 0) is 6.18 Å². The van der Waals surface area contributed by atoms with Crippen LogP contribution in [0.25, 0.3) is 0 Å². The molecule has 104 valence electrons. The van der Waals surface area contributed by atoms with Gasteiger partial charge in [0.1, 0.15) is 5.75 Å². The second-order valence-electron chi connectivity index (χ2n) is 4.26. The quantitative estimate of drug-likeness (QED) is 0.739. The normalized spacial score (nSPS) is 11.2. The van der Waals surface area contributed by atoms with E-state index in [2.05, 4.69) is 0 Å². The molecule has 0 aromatic heterocycles. The third-order valence-corrected chi connectivity index (χ3v) is 2.82. The van der Waals surface area contributed by atoms with Crippen molar-refractivity contribution < 1.29 is 18.3 Å². The van der Waals surface area contributed by atoms with Gasteiger partial charge in [-0.25, -0.2) is 0 Å². The Morgan fingerprint density at radius 3 is 1.83 bits per heavy atom. The van der Waals surface area contributed by atoms with Gasteiger partial charge in [0.15, 0.2) is 0 Å². The van der Waals surface area contributed by atoms with Gasteiger partial charge in [-0.2, -0.15) is 13.2 Å². The number of aromatic hydroxyl groups is 1. The summed E-state index contributed by atoms with van der Waals surface area (Å²) >= 11 is 0. The molecule has 0 aliphatic carbocycles. The van der Waals surface area contributed by atoms with Crippen LogP contribution in [0.5, 0.6) is 5.75 Å². The Bertz CT molecular complexity index is 406. The van der Waals surface area contributed by atoms with E-state index in [4.69, 9.17) is 0 Å². The van der Waals surface area contributed by atoms with E-state index in [-0.39, 0.29) is 17.2 Å². The number of hydrogen-bond donors (Lipinski definition) is 1. The molecule has 1 aromatic rings. The van der Waals surface area contributed by atoms with Gasteiger partial charge in [-0.1, -0.05) is 27.7 Å². The van der Waals surface area contributed by atoms with E-state index >= 15 is 0 Å². The van der Waals surface area contributed by atoms with Crippen LogP contribution < -0.4 is 0 Å². The minimum absolute atomic E-state index is 0.0273. The molecule has 1 N–H and O–H groups in total.